The molecule has 5 heterocycles. The number of fused-ring (bicyclic) bond motifs is 2. The second kappa shape index (κ2) is 9.75. The molecule has 0 spiro atoms. The number of ether oxygens (including phenoxy) is 1. The lowest BCUT2D eigenvalue weighted by molar-refractivity contribution is 0.0163. The summed E-state index contributed by atoms with van der Waals surface area (Å²) in [5, 5.41) is 7.20. The minimum absolute atomic E-state index is 0.258. The lowest BCUT2D eigenvalue weighted by Crippen LogP contribution is -2.06. The van der Waals surface area contributed by atoms with Crippen molar-refractivity contribution in [2.45, 2.75) is 33.3 Å². The summed E-state index contributed by atoms with van der Waals surface area (Å²) in [6.07, 6.45) is 3.16. The lowest BCUT2D eigenvalue weighted by Gasteiger charge is -2.03. The second-order valence-corrected chi connectivity index (χ2v) is 9.40. The van der Waals surface area contributed by atoms with Gasteiger partial charge in [0.2, 0.25) is 10.8 Å². The number of hydrogen-bond acceptors (Lipinski definition) is 8. The van der Waals surface area contributed by atoms with Gasteiger partial charge in [0.05, 0.1) is 17.3 Å². The van der Waals surface area contributed by atoms with Crippen molar-refractivity contribution in [1.82, 2.24) is 24.6 Å². The normalized spacial score (nSPS) is 11.6. The first-order valence-electron chi connectivity index (χ1n) is 11.2. The monoisotopic (exact) mass is 525 g/mol. The second-order valence-electron chi connectivity index (χ2n) is 7.59. The molecule has 6 aromatic rings. The van der Waals surface area contributed by atoms with Gasteiger partial charge in [-0.3, -0.25) is 0 Å². The fraction of sp³-hybridized carbons (Fsp3) is 0.200. The summed E-state index contributed by atoms with van der Waals surface area (Å²) >= 11 is 2.40. The zero-order valence-corrected chi connectivity index (χ0v) is 21.2. The molecule has 6 rings (SSSR count). The minimum atomic E-state index is -3.01. The van der Waals surface area contributed by atoms with E-state index in [2.05, 4.69) is 20.1 Å². The van der Waals surface area contributed by atoms with Gasteiger partial charge >= 0.3 is 0 Å². The summed E-state index contributed by atoms with van der Waals surface area (Å²) in [4.78, 5) is 13.7. The Morgan fingerprint density at radius 1 is 1.11 bits per heavy atom. The van der Waals surface area contributed by atoms with Crippen LogP contribution < -0.4 is 4.74 Å². The topological polar surface area (TPSA) is 78.3 Å². The highest BCUT2D eigenvalue weighted by molar-refractivity contribution is 7.16. The number of alkyl halides is 2. The fourth-order valence-corrected chi connectivity index (χ4v) is 5.03. The number of benzene rings is 1. The Balaban J connectivity index is 0.00000130. The van der Waals surface area contributed by atoms with Crippen LogP contribution in [0.25, 0.3) is 38.0 Å². The standard InChI is InChI=1S/C23H15F2N5O2S2.C2H6/c1-23(24,25)21-29-30-10-16(28-22(30)34-21)18-9-15-17(32-18)7-8-26-19(15)31-11-14-12-33-20(27-14)13-5-3-2-4-6-13;1-2/h2-10,12H,11H2,1H3;1-2H3. The summed E-state index contributed by atoms with van der Waals surface area (Å²) in [5.41, 5.74) is 2.92. The first kappa shape index (κ1) is 24.0. The first-order valence-corrected chi connectivity index (χ1v) is 12.9. The van der Waals surface area contributed by atoms with E-state index in [1.54, 1.807) is 35.9 Å². The zero-order valence-electron chi connectivity index (χ0n) is 19.6. The predicted octanol–water partition coefficient (Wildman–Crippen LogP) is 7.44. The number of nitrogens with zero attached hydrogens (tertiary/aromatic N) is 5. The number of rotatable bonds is 6. The van der Waals surface area contributed by atoms with Gasteiger partial charge in [0.25, 0.3) is 5.92 Å². The minimum Gasteiger partial charge on any atom is -0.471 e. The van der Waals surface area contributed by atoms with Crippen LogP contribution in [0.5, 0.6) is 5.88 Å². The number of furan rings is 1. The van der Waals surface area contributed by atoms with Crippen LogP contribution in [0.15, 0.2) is 64.7 Å². The fourth-order valence-electron chi connectivity index (χ4n) is 3.40. The van der Waals surface area contributed by atoms with Gasteiger partial charge in [-0.2, -0.15) is 13.9 Å². The highest BCUT2D eigenvalue weighted by atomic mass is 32.1. The van der Waals surface area contributed by atoms with E-state index in [4.69, 9.17) is 9.15 Å². The van der Waals surface area contributed by atoms with Crippen LogP contribution in [-0.2, 0) is 12.5 Å². The molecule has 0 aliphatic heterocycles. The predicted molar refractivity (Wildman–Crippen MR) is 137 cm³/mol. The van der Waals surface area contributed by atoms with Crippen LogP contribution in [0.3, 0.4) is 0 Å². The Labute approximate surface area is 213 Å². The third kappa shape index (κ3) is 4.71. The van der Waals surface area contributed by atoms with Crippen molar-refractivity contribution in [2.75, 3.05) is 0 Å². The molecule has 0 amide bonds. The molecule has 0 bridgehead atoms. The molecule has 0 fully saturated rings. The molecule has 1 aromatic carbocycles. The van der Waals surface area contributed by atoms with Gasteiger partial charge in [-0.25, -0.2) is 19.5 Å². The van der Waals surface area contributed by atoms with E-state index in [1.807, 2.05) is 49.6 Å². The van der Waals surface area contributed by atoms with E-state index in [9.17, 15) is 8.78 Å². The number of thiazole rings is 1. The van der Waals surface area contributed by atoms with E-state index >= 15 is 0 Å². The highest BCUT2D eigenvalue weighted by Crippen LogP contribution is 2.35. The molecule has 7 nitrogen and oxygen atoms in total. The van der Waals surface area contributed by atoms with Crippen molar-refractivity contribution in [1.29, 1.82) is 0 Å². The van der Waals surface area contributed by atoms with Gasteiger partial charge in [-0.1, -0.05) is 55.5 Å². The van der Waals surface area contributed by atoms with E-state index < -0.39 is 5.92 Å². The van der Waals surface area contributed by atoms with Gasteiger partial charge in [-0.05, 0) is 6.07 Å². The molecule has 0 N–H and O–H groups in total. The number of aromatic nitrogens is 5. The Morgan fingerprint density at radius 2 is 1.92 bits per heavy atom. The summed E-state index contributed by atoms with van der Waals surface area (Å²) in [6, 6.07) is 13.5. The molecule has 0 saturated heterocycles. The Morgan fingerprint density at radius 3 is 2.67 bits per heavy atom. The van der Waals surface area contributed by atoms with Crippen molar-refractivity contribution in [2.24, 2.45) is 0 Å². The average Bonchev–Trinajstić information content (AvgIpc) is 3.66. The van der Waals surface area contributed by atoms with E-state index in [1.165, 1.54) is 4.52 Å². The Kier molecular flexibility index (Phi) is 6.50. The van der Waals surface area contributed by atoms with Crippen LogP contribution in [-0.4, -0.2) is 24.6 Å². The van der Waals surface area contributed by atoms with Crippen LogP contribution >= 0.6 is 22.7 Å². The summed E-state index contributed by atoms with van der Waals surface area (Å²) in [6.45, 7) is 5.07. The van der Waals surface area contributed by atoms with Crippen LogP contribution in [0.2, 0.25) is 0 Å². The maximum Gasteiger partial charge on any atom is 0.298 e. The van der Waals surface area contributed by atoms with Gasteiger partial charge in [0.1, 0.15) is 22.9 Å². The number of pyridine rings is 1. The van der Waals surface area contributed by atoms with Crippen LogP contribution in [0.4, 0.5) is 8.78 Å². The van der Waals surface area contributed by atoms with Crippen molar-refractivity contribution < 1.29 is 17.9 Å². The van der Waals surface area contributed by atoms with Gasteiger partial charge in [0.15, 0.2) is 10.8 Å². The summed E-state index contributed by atoms with van der Waals surface area (Å²) < 4.78 is 40.3. The molecule has 184 valence electrons. The molecule has 0 radical (unpaired) electrons. The van der Waals surface area contributed by atoms with Crippen LogP contribution in [0, 0.1) is 0 Å². The van der Waals surface area contributed by atoms with E-state index in [0.29, 0.717) is 33.3 Å². The van der Waals surface area contributed by atoms with Crippen LogP contribution in [0.1, 0.15) is 31.5 Å². The van der Waals surface area contributed by atoms with Gasteiger partial charge in [-0.15, -0.1) is 11.3 Å². The highest BCUT2D eigenvalue weighted by Gasteiger charge is 2.30. The largest absolute Gasteiger partial charge is 0.471 e. The molecular weight excluding hydrogens is 504 g/mol. The maximum atomic E-state index is 13.5. The van der Waals surface area contributed by atoms with Gasteiger partial charge in [0, 0.05) is 30.1 Å². The molecule has 36 heavy (non-hydrogen) atoms. The number of imidazole rings is 1. The summed E-state index contributed by atoms with van der Waals surface area (Å²) in [5.74, 6) is -2.13. The number of hydrogen-bond donors (Lipinski definition) is 0. The zero-order chi connectivity index (χ0) is 25.3. The molecular formula is C25H21F2N5O2S2. The number of halogens is 2. The molecule has 11 heteroatoms. The Hall–Kier alpha value is -3.70. The first-order chi connectivity index (χ1) is 17.4. The lowest BCUT2D eigenvalue weighted by atomic mass is 10.2. The molecule has 0 unspecified atom stereocenters. The van der Waals surface area contributed by atoms with E-state index in [0.717, 1.165) is 34.5 Å². The third-order valence-electron chi connectivity index (χ3n) is 5.01. The van der Waals surface area contributed by atoms with Crippen molar-refractivity contribution >= 4 is 38.6 Å². The van der Waals surface area contributed by atoms with Crippen molar-refractivity contribution in [3.8, 4) is 27.9 Å². The maximum absolute atomic E-state index is 13.5. The molecule has 0 aliphatic rings. The molecule has 5 aromatic heterocycles. The smallest absolute Gasteiger partial charge is 0.298 e. The quantitative estimate of drug-likeness (QED) is 0.225. The molecule has 0 saturated carbocycles. The van der Waals surface area contributed by atoms with E-state index in [-0.39, 0.29) is 11.6 Å². The summed E-state index contributed by atoms with van der Waals surface area (Å²) in [7, 11) is 0. The van der Waals surface area contributed by atoms with Gasteiger partial charge < -0.3 is 9.15 Å². The van der Waals surface area contributed by atoms with Crippen molar-refractivity contribution in [3.05, 3.63) is 70.9 Å². The SMILES string of the molecule is CC.CC(F)(F)c1nn2cc(-c3cc4c(OCc5csc(-c6ccccc6)n5)nccc4o3)nc2s1. The third-order valence-corrected chi connectivity index (χ3v) is 7.04. The molecule has 0 atom stereocenters. The van der Waals surface area contributed by atoms with Crippen molar-refractivity contribution in [3.63, 3.8) is 0 Å². The molecule has 0 aliphatic carbocycles. The Bertz CT molecular complexity index is 1580. The average molecular weight is 526 g/mol.